The summed E-state index contributed by atoms with van der Waals surface area (Å²) in [6.07, 6.45) is 0.540. The number of carbonyl (C=O) groups excluding carboxylic acids is 3. The molecule has 3 fully saturated rings. The zero-order valence-corrected chi connectivity index (χ0v) is 26.6. The summed E-state index contributed by atoms with van der Waals surface area (Å²) in [7, 11) is 0. The van der Waals surface area contributed by atoms with Crippen LogP contribution in [0.5, 0.6) is 5.75 Å². The molecule has 3 aliphatic rings. The number of hydrogen-bond donors (Lipinski definition) is 3. The number of para-hydroxylation sites is 1. The lowest BCUT2D eigenvalue weighted by atomic mass is 9.70. The van der Waals surface area contributed by atoms with Crippen LogP contribution >= 0.6 is 39.3 Å². The van der Waals surface area contributed by atoms with Crippen LogP contribution in [-0.4, -0.2) is 67.8 Å². The Bertz CT molecular complexity index is 1320. The largest absolute Gasteiger partial charge is 0.494 e. The zero-order chi connectivity index (χ0) is 29.6. The molecule has 0 aromatic heterocycles. The minimum Gasteiger partial charge on any atom is -0.494 e. The second-order valence-corrected chi connectivity index (χ2v) is 14.4. The summed E-state index contributed by atoms with van der Waals surface area (Å²) < 4.78 is 4.66. The van der Waals surface area contributed by atoms with Gasteiger partial charge in [-0.1, -0.05) is 53.5 Å². The molecule has 2 aromatic rings. The number of aryl methyl sites for hydroxylation is 1. The number of amides is 3. The number of halogens is 2. The van der Waals surface area contributed by atoms with E-state index in [2.05, 4.69) is 26.6 Å². The van der Waals surface area contributed by atoms with E-state index in [1.54, 1.807) is 47.0 Å². The molecule has 1 spiro atoms. The number of carbonyl (C=O) groups is 3. The highest BCUT2D eigenvalue weighted by Crippen LogP contribution is 2.68. The molecule has 41 heavy (non-hydrogen) atoms. The van der Waals surface area contributed by atoms with Gasteiger partial charge in [0.15, 0.2) is 0 Å². The predicted molar refractivity (Wildman–Crippen MR) is 166 cm³/mol. The smallest absolute Gasteiger partial charge is 0.248 e. The van der Waals surface area contributed by atoms with Crippen molar-refractivity contribution >= 4 is 68.4 Å². The van der Waals surface area contributed by atoms with Gasteiger partial charge in [0.05, 0.1) is 46.5 Å². The molecule has 3 aliphatic heterocycles. The topological polar surface area (TPSA) is 108 Å². The maximum absolute atomic E-state index is 14.4. The molecular formula is C30H35BrClN3O5S. The van der Waals surface area contributed by atoms with Gasteiger partial charge in [-0.15, -0.1) is 11.8 Å². The predicted octanol–water partition coefficient (Wildman–Crippen LogP) is 5.11. The van der Waals surface area contributed by atoms with Gasteiger partial charge in [0, 0.05) is 15.8 Å². The van der Waals surface area contributed by atoms with Gasteiger partial charge in [0.1, 0.15) is 11.8 Å². The molecule has 3 N–H and O–H groups in total. The molecule has 5 rings (SSSR count). The van der Waals surface area contributed by atoms with Crippen molar-refractivity contribution in [3.8, 4) is 5.75 Å². The Labute approximate surface area is 258 Å². The maximum atomic E-state index is 14.4. The van der Waals surface area contributed by atoms with Crippen LogP contribution in [0.15, 0.2) is 42.5 Å². The van der Waals surface area contributed by atoms with Crippen molar-refractivity contribution in [2.24, 2.45) is 17.8 Å². The molecule has 3 heterocycles. The SMILES string of the molecule is CCOc1ccc(NC(=O)[C@H]2[C@@H]3SC4(CC3Br)C(C(=O)Nc3c(C)cccc3Cl)N([C@@H](CO)C(C)C)C(=O)[C@H]24)cc1. The van der Waals surface area contributed by atoms with Crippen molar-refractivity contribution in [1.82, 2.24) is 4.90 Å². The molecular weight excluding hydrogens is 630 g/mol. The van der Waals surface area contributed by atoms with E-state index in [4.69, 9.17) is 16.3 Å². The molecule has 0 aliphatic carbocycles. The first-order valence-electron chi connectivity index (χ1n) is 13.9. The summed E-state index contributed by atoms with van der Waals surface area (Å²) in [4.78, 5) is 43.9. The number of nitrogens with zero attached hydrogens (tertiary/aromatic N) is 1. The van der Waals surface area contributed by atoms with Crippen LogP contribution in [0, 0.1) is 24.7 Å². The third-order valence-electron chi connectivity index (χ3n) is 8.50. The molecule has 0 saturated carbocycles. The van der Waals surface area contributed by atoms with E-state index >= 15 is 0 Å². The van der Waals surface area contributed by atoms with Gasteiger partial charge in [-0.25, -0.2) is 0 Å². The number of rotatable bonds is 9. The molecule has 3 amide bonds. The number of thioether (sulfide) groups is 1. The van der Waals surface area contributed by atoms with Gasteiger partial charge in [0.25, 0.3) is 0 Å². The number of aliphatic hydroxyl groups is 1. The average molecular weight is 665 g/mol. The van der Waals surface area contributed by atoms with Crippen molar-refractivity contribution in [1.29, 1.82) is 0 Å². The van der Waals surface area contributed by atoms with Crippen LogP contribution in [0.2, 0.25) is 5.02 Å². The number of benzene rings is 2. The van der Waals surface area contributed by atoms with Crippen LogP contribution < -0.4 is 15.4 Å². The van der Waals surface area contributed by atoms with Gasteiger partial charge in [0.2, 0.25) is 17.7 Å². The normalized spacial score (nSPS) is 29.0. The summed E-state index contributed by atoms with van der Waals surface area (Å²) in [5.74, 6) is -1.69. The number of aliphatic hydroxyl groups excluding tert-OH is 1. The van der Waals surface area contributed by atoms with E-state index < -0.39 is 28.7 Å². The molecule has 11 heteroatoms. The minimum atomic E-state index is -0.895. The highest BCUT2D eigenvalue weighted by Gasteiger charge is 2.76. The Morgan fingerprint density at radius 2 is 1.90 bits per heavy atom. The molecule has 0 radical (unpaired) electrons. The Morgan fingerprint density at radius 1 is 1.20 bits per heavy atom. The molecule has 2 bridgehead atoms. The monoisotopic (exact) mass is 663 g/mol. The van der Waals surface area contributed by atoms with E-state index in [0.717, 1.165) is 5.56 Å². The second kappa shape index (κ2) is 11.8. The standard InChI is InChI=1S/C30H35BrClN3O5S/c1-5-40-18-11-9-17(10-12-18)33-27(37)22-23-29(39)35(21(14-36)15(2)3)26(30(23)13-19(31)25(22)41-30)28(38)34-24-16(4)7-6-8-20(24)32/h6-12,15,19,21-23,25-26,36H,5,13-14H2,1-4H3,(H,33,37)(H,34,38)/t19?,21-,22+,23-,25+,26?,30?/m0/s1. The van der Waals surface area contributed by atoms with Crippen molar-refractivity contribution in [3.63, 3.8) is 0 Å². The highest BCUT2D eigenvalue weighted by molar-refractivity contribution is 9.09. The fourth-order valence-electron chi connectivity index (χ4n) is 6.65. The Kier molecular flexibility index (Phi) is 8.68. The number of likely N-dealkylation sites (tertiary alicyclic amines) is 1. The lowest BCUT2D eigenvalue weighted by Gasteiger charge is -2.38. The first-order chi connectivity index (χ1) is 19.5. The van der Waals surface area contributed by atoms with Gasteiger partial charge in [-0.05, 0) is 62.1 Å². The van der Waals surface area contributed by atoms with E-state index in [-0.39, 0.29) is 40.3 Å². The van der Waals surface area contributed by atoms with Crippen LogP contribution in [0.25, 0.3) is 0 Å². The summed E-state index contributed by atoms with van der Waals surface area (Å²) in [6.45, 7) is 7.84. The number of fused-ring (bicyclic) bond motifs is 1. The average Bonchev–Trinajstić information content (AvgIpc) is 3.51. The summed E-state index contributed by atoms with van der Waals surface area (Å²) in [5, 5.41) is 16.6. The Balaban J connectivity index is 1.52. The van der Waals surface area contributed by atoms with Crippen molar-refractivity contribution in [2.75, 3.05) is 23.8 Å². The molecule has 2 aromatic carbocycles. The summed E-state index contributed by atoms with van der Waals surface area (Å²) >= 11 is 11.8. The van der Waals surface area contributed by atoms with E-state index in [1.165, 1.54) is 0 Å². The Hall–Kier alpha value is -2.27. The molecule has 220 valence electrons. The third-order valence-corrected chi connectivity index (χ3v) is 12.0. The summed E-state index contributed by atoms with van der Waals surface area (Å²) in [6, 6.07) is 11.0. The second-order valence-electron chi connectivity index (χ2n) is 11.3. The van der Waals surface area contributed by atoms with E-state index in [9.17, 15) is 19.5 Å². The zero-order valence-electron chi connectivity index (χ0n) is 23.4. The van der Waals surface area contributed by atoms with Gasteiger partial charge in [-0.3, -0.25) is 14.4 Å². The van der Waals surface area contributed by atoms with Crippen molar-refractivity contribution in [2.45, 2.75) is 61.0 Å². The number of anilines is 2. The maximum Gasteiger partial charge on any atom is 0.248 e. The quantitative estimate of drug-likeness (QED) is 0.322. The highest BCUT2D eigenvalue weighted by atomic mass is 79.9. The molecule has 8 nitrogen and oxygen atoms in total. The number of hydrogen-bond acceptors (Lipinski definition) is 6. The van der Waals surface area contributed by atoms with Crippen molar-refractivity contribution in [3.05, 3.63) is 53.1 Å². The van der Waals surface area contributed by atoms with Crippen LogP contribution in [0.1, 0.15) is 32.8 Å². The fourth-order valence-corrected chi connectivity index (χ4v) is 10.5. The lowest BCUT2D eigenvalue weighted by Crippen LogP contribution is -2.56. The number of ether oxygens (including phenoxy) is 1. The lowest BCUT2D eigenvalue weighted by molar-refractivity contribution is -0.142. The van der Waals surface area contributed by atoms with Gasteiger partial charge >= 0.3 is 0 Å². The van der Waals surface area contributed by atoms with E-state index in [1.807, 2.05) is 39.8 Å². The number of nitrogens with one attached hydrogen (secondary N) is 2. The summed E-state index contributed by atoms with van der Waals surface area (Å²) in [5.41, 5.74) is 1.90. The number of alkyl halides is 1. The molecule has 3 unspecified atom stereocenters. The van der Waals surface area contributed by atoms with Crippen molar-refractivity contribution < 1.29 is 24.2 Å². The molecule has 7 atom stereocenters. The molecule has 3 saturated heterocycles. The first-order valence-corrected chi connectivity index (χ1v) is 16.1. The van der Waals surface area contributed by atoms with E-state index in [0.29, 0.717) is 35.2 Å². The Morgan fingerprint density at radius 3 is 2.51 bits per heavy atom. The van der Waals surface area contributed by atoms with Gasteiger partial charge < -0.3 is 25.4 Å². The van der Waals surface area contributed by atoms with Crippen LogP contribution in [-0.2, 0) is 14.4 Å². The van der Waals surface area contributed by atoms with Crippen LogP contribution in [0.4, 0.5) is 11.4 Å². The van der Waals surface area contributed by atoms with Gasteiger partial charge in [-0.2, -0.15) is 0 Å². The first kappa shape index (κ1) is 30.2. The minimum absolute atomic E-state index is 0.0726. The third kappa shape index (κ3) is 5.15. The fraction of sp³-hybridized carbons (Fsp3) is 0.500. The van der Waals surface area contributed by atoms with Crippen LogP contribution in [0.3, 0.4) is 0 Å².